The van der Waals surface area contributed by atoms with Gasteiger partial charge in [0, 0.05) is 11.9 Å². The molecule has 1 fully saturated rings. The maximum atomic E-state index is 14.8. The second kappa shape index (κ2) is 9.21. The summed E-state index contributed by atoms with van der Waals surface area (Å²) in [6.45, 7) is -0.259. The molecule has 1 atom stereocenters. The molecule has 0 radical (unpaired) electrons. The predicted molar refractivity (Wildman–Crippen MR) is 148 cm³/mol. The summed E-state index contributed by atoms with van der Waals surface area (Å²) in [4.78, 5) is 50.5. The zero-order valence-electron chi connectivity index (χ0n) is 22.1. The summed E-state index contributed by atoms with van der Waals surface area (Å²) in [7, 11) is 0. The van der Waals surface area contributed by atoms with Gasteiger partial charge < -0.3 is 10.6 Å². The Bertz CT molecular complexity index is 1550. The molecule has 1 unspecified atom stereocenters. The number of rotatable bonds is 4. The standard InChI is InChI=1S/C31H30FN5O3/c32-24-9-3-2-7-22(24)27-36-31(12-4-1-5-13-31)29(40)37(27)18-25(38)34-21-11-10-19-16-30(17-20(19)15-21)23-8-6-14-33-26(23)35-28(30)39/h2-3,7,9-11,14-15H,1,4-6,8,12-13,16-18H2,(H,34,38)(H,35,39). The highest BCUT2D eigenvalue weighted by Crippen LogP contribution is 2.49. The minimum absolute atomic E-state index is 0.0116. The van der Waals surface area contributed by atoms with Gasteiger partial charge in [-0.15, -0.1) is 0 Å². The van der Waals surface area contributed by atoms with Crippen molar-refractivity contribution in [3.8, 4) is 0 Å². The number of carbonyl (C=O) groups is 3. The summed E-state index contributed by atoms with van der Waals surface area (Å²) in [5.74, 6) is -0.190. The van der Waals surface area contributed by atoms with Crippen LogP contribution in [0, 0.1) is 11.2 Å². The summed E-state index contributed by atoms with van der Waals surface area (Å²) in [6, 6.07) is 11.9. The van der Waals surface area contributed by atoms with Crippen molar-refractivity contribution in [3.05, 3.63) is 76.4 Å². The predicted octanol–water partition coefficient (Wildman–Crippen LogP) is 4.05. The molecule has 8 nitrogen and oxygen atoms in total. The van der Waals surface area contributed by atoms with Gasteiger partial charge in [0.15, 0.2) is 0 Å². The zero-order chi connectivity index (χ0) is 27.5. The fourth-order valence-electron chi connectivity index (χ4n) is 7.09. The highest BCUT2D eigenvalue weighted by molar-refractivity contribution is 6.17. The number of carbonyl (C=O) groups excluding carboxylic acids is 3. The van der Waals surface area contributed by atoms with Crippen LogP contribution in [-0.2, 0) is 27.2 Å². The van der Waals surface area contributed by atoms with E-state index in [4.69, 9.17) is 4.99 Å². The lowest BCUT2D eigenvalue weighted by Crippen LogP contribution is -2.46. The van der Waals surface area contributed by atoms with E-state index >= 15 is 0 Å². The van der Waals surface area contributed by atoms with E-state index in [0.29, 0.717) is 37.2 Å². The Hall–Kier alpha value is -4.14. The maximum absolute atomic E-state index is 14.8. The smallest absolute Gasteiger partial charge is 0.256 e. The Morgan fingerprint density at radius 3 is 2.67 bits per heavy atom. The molecule has 0 aromatic heterocycles. The van der Waals surface area contributed by atoms with Gasteiger partial charge >= 0.3 is 0 Å². The molecule has 40 heavy (non-hydrogen) atoms. The largest absolute Gasteiger partial charge is 0.325 e. The number of aliphatic imine (C=N–C) groups is 2. The molecular weight excluding hydrogens is 509 g/mol. The number of anilines is 1. The Labute approximate surface area is 231 Å². The van der Waals surface area contributed by atoms with Crippen LogP contribution in [0.1, 0.15) is 61.6 Å². The van der Waals surface area contributed by atoms with Crippen LogP contribution in [0.15, 0.2) is 63.8 Å². The summed E-state index contributed by atoms with van der Waals surface area (Å²) in [5, 5.41) is 5.88. The first-order valence-corrected chi connectivity index (χ1v) is 14.0. The monoisotopic (exact) mass is 539 g/mol. The summed E-state index contributed by atoms with van der Waals surface area (Å²) < 4.78 is 14.8. The second-order valence-corrected chi connectivity index (χ2v) is 11.5. The van der Waals surface area contributed by atoms with Gasteiger partial charge in [0.25, 0.3) is 5.91 Å². The van der Waals surface area contributed by atoms with Crippen molar-refractivity contribution in [1.29, 1.82) is 0 Å². The van der Waals surface area contributed by atoms with Crippen molar-refractivity contribution in [1.82, 2.24) is 10.2 Å². The van der Waals surface area contributed by atoms with Crippen LogP contribution >= 0.6 is 0 Å². The fraction of sp³-hybridized carbons (Fsp3) is 0.387. The third-order valence-electron chi connectivity index (χ3n) is 9.06. The number of hydrogen-bond donors (Lipinski definition) is 2. The van der Waals surface area contributed by atoms with Gasteiger partial charge in [-0.2, -0.15) is 0 Å². The van der Waals surface area contributed by atoms with Crippen molar-refractivity contribution in [2.24, 2.45) is 15.4 Å². The molecule has 2 N–H and O–H groups in total. The van der Waals surface area contributed by atoms with E-state index in [0.717, 1.165) is 48.8 Å². The number of halogens is 1. The average Bonchev–Trinajstić information content (AvgIpc) is 3.56. The van der Waals surface area contributed by atoms with Crippen LogP contribution in [0.4, 0.5) is 10.1 Å². The molecule has 2 aliphatic carbocycles. The quantitative estimate of drug-likeness (QED) is 0.613. The number of fused-ring (bicyclic) bond motifs is 2. The Balaban J connectivity index is 1.11. The lowest BCUT2D eigenvalue weighted by molar-refractivity contribution is -0.134. The Morgan fingerprint density at radius 1 is 1.05 bits per heavy atom. The van der Waals surface area contributed by atoms with E-state index in [9.17, 15) is 18.8 Å². The SMILES string of the molecule is O=C(CN1C(=O)C2(CCCCC2)N=C1c1ccccc1F)Nc1ccc2c(c1)CC1(C2)C(=O)NC2=C1CCC=N2. The Morgan fingerprint density at radius 2 is 1.85 bits per heavy atom. The number of hydrogen-bond acceptors (Lipinski definition) is 5. The number of amides is 3. The molecule has 7 rings (SSSR count). The number of benzene rings is 2. The first-order chi connectivity index (χ1) is 19.4. The summed E-state index contributed by atoms with van der Waals surface area (Å²) in [6.07, 6.45) is 8.64. The molecule has 2 aromatic carbocycles. The van der Waals surface area contributed by atoms with Crippen molar-refractivity contribution in [3.63, 3.8) is 0 Å². The topological polar surface area (TPSA) is 103 Å². The highest BCUT2D eigenvalue weighted by Gasteiger charge is 2.52. The minimum Gasteiger partial charge on any atom is -0.325 e. The molecule has 3 aliphatic heterocycles. The van der Waals surface area contributed by atoms with Gasteiger partial charge in [-0.1, -0.05) is 37.5 Å². The zero-order valence-corrected chi connectivity index (χ0v) is 22.1. The van der Waals surface area contributed by atoms with E-state index in [-0.39, 0.29) is 35.7 Å². The van der Waals surface area contributed by atoms with Crippen molar-refractivity contribution < 1.29 is 18.8 Å². The van der Waals surface area contributed by atoms with Crippen molar-refractivity contribution in [2.45, 2.75) is 63.3 Å². The van der Waals surface area contributed by atoms with E-state index in [1.807, 2.05) is 24.4 Å². The van der Waals surface area contributed by atoms with Crippen molar-refractivity contribution >= 4 is 35.5 Å². The Kier molecular flexibility index (Phi) is 5.73. The molecular formula is C31H30FN5O3. The number of nitrogens with one attached hydrogen (secondary N) is 2. The van der Waals surface area contributed by atoms with Crippen LogP contribution in [-0.4, -0.2) is 46.8 Å². The molecule has 3 amide bonds. The molecule has 1 saturated carbocycles. The highest BCUT2D eigenvalue weighted by atomic mass is 19.1. The van der Waals surface area contributed by atoms with Crippen LogP contribution in [0.3, 0.4) is 0 Å². The van der Waals surface area contributed by atoms with Gasteiger partial charge in [-0.05, 0) is 79.5 Å². The van der Waals surface area contributed by atoms with Gasteiger partial charge in [-0.25, -0.2) is 9.38 Å². The minimum atomic E-state index is -0.920. The van der Waals surface area contributed by atoms with Gasteiger partial charge in [0.05, 0.1) is 11.0 Å². The molecule has 2 aromatic rings. The summed E-state index contributed by atoms with van der Waals surface area (Å²) >= 11 is 0. The maximum Gasteiger partial charge on any atom is 0.256 e. The first kappa shape index (κ1) is 24.9. The molecule has 9 heteroatoms. The van der Waals surface area contributed by atoms with Crippen LogP contribution < -0.4 is 10.6 Å². The molecule has 5 aliphatic rings. The normalized spacial score (nSPS) is 24.4. The first-order valence-electron chi connectivity index (χ1n) is 14.0. The van der Waals surface area contributed by atoms with Crippen LogP contribution in [0.25, 0.3) is 0 Å². The number of nitrogens with zero attached hydrogens (tertiary/aromatic N) is 3. The van der Waals surface area contributed by atoms with Crippen LogP contribution in [0.2, 0.25) is 0 Å². The molecule has 0 bridgehead atoms. The molecule has 2 spiro atoms. The number of amidine groups is 1. The molecule has 0 saturated heterocycles. The molecule has 3 heterocycles. The lowest BCUT2D eigenvalue weighted by atomic mass is 9.76. The average molecular weight is 540 g/mol. The third-order valence-corrected chi connectivity index (χ3v) is 9.06. The fourth-order valence-corrected chi connectivity index (χ4v) is 7.09. The van der Waals surface area contributed by atoms with Crippen LogP contribution in [0.5, 0.6) is 0 Å². The third kappa shape index (κ3) is 3.82. The van der Waals surface area contributed by atoms with Crippen molar-refractivity contribution in [2.75, 3.05) is 11.9 Å². The van der Waals surface area contributed by atoms with E-state index in [1.165, 1.54) is 11.0 Å². The van der Waals surface area contributed by atoms with Gasteiger partial charge in [0.2, 0.25) is 11.8 Å². The second-order valence-electron chi connectivity index (χ2n) is 11.5. The van der Waals surface area contributed by atoms with E-state index in [1.54, 1.807) is 18.2 Å². The summed E-state index contributed by atoms with van der Waals surface area (Å²) in [5.41, 5.74) is 2.47. The van der Waals surface area contributed by atoms with E-state index < -0.39 is 16.8 Å². The van der Waals surface area contributed by atoms with Gasteiger partial charge in [-0.3, -0.25) is 24.3 Å². The van der Waals surface area contributed by atoms with Gasteiger partial charge in [0.1, 0.15) is 29.6 Å². The lowest BCUT2D eigenvalue weighted by Gasteiger charge is -2.29. The molecule has 204 valence electrons. The van der Waals surface area contributed by atoms with E-state index in [2.05, 4.69) is 15.6 Å².